The molecule has 0 spiro atoms. The van der Waals surface area contributed by atoms with Gasteiger partial charge in [-0.25, -0.2) is 4.79 Å². The number of nitrogens with zero attached hydrogens (tertiary/aromatic N) is 1. The van der Waals surface area contributed by atoms with E-state index in [4.69, 9.17) is 10.8 Å². The first-order valence-corrected chi connectivity index (χ1v) is 25.0. The summed E-state index contributed by atoms with van der Waals surface area (Å²) in [5, 5.41) is 46.1. The number of ketones is 1. The fourth-order valence-electron chi connectivity index (χ4n) is 6.62. The highest BCUT2D eigenvalue weighted by molar-refractivity contribution is 6.10. The Bertz CT molecular complexity index is 2310. The number of hydrogen-bond donors (Lipinski definition) is 15. The topological polar surface area (TPSA) is 513 Å². The Morgan fingerprint density at radius 1 is 0.500 bits per heavy atom. The molecule has 0 aromatic rings. The first-order valence-electron chi connectivity index (χ1n) is 25.0. The lowest BCUT2D eigenvalue weighted by molar-refractivity contribution is -0.147. The standard InChI is InChI=1S/C48H74N14O20/c1-9-11-12-31(69)56-34(35(74)30(49)14-16-33(72)73)42(75)60-39(52-26(5)20-65)47(80)62(17-10-2)41(54-28(7)22-67)46(79)59-37(51-25(4)19-64)44(77)57-36(50-24(3)18-63)43(76)58-38(55-29(23-68)13-15-32(70)71)45(78)61-40(48(81)82-8)53-27(6)21-66/h9-10,18-30,34,36-41,50-55H,1-2,11-17,49H2,3-8H3,(H,56,69)(H,57,77)(H,58,76)(H,59,79)(H,60,75)(H,61,78)(H,70,71)(H,72,73)/t24-,25-,26-,27-,28-,29+,30-,34+,36-,37-,38-,39+,40-,41-/m0/s1. The van der Waals surface area contributed by atoms with Crippen molar-refractivity contribution in [2.75, 3.05) is 13.7 Å². The Morgan fingerprint density at radius 3 is 1.33 bits per heavy atom. The number of esters is 1. The van der Waals surface area contributed by atoms with Gasteiger partial charge in [-0.05, 0) is 53.9 Å². The van der Waals surface area contributed by atoms with Crippen molar-refractivity contribution < 1.29 is 96.5 Å². The summed E-state index contributed by atoms with van der Waals surface area (Å²) in [6, 6.07) is -11.8. The molecule has 0 heterocycles. The van der Waals surface area contributed by atoms with Gasteiger partial charge in [0.05, 0.1) is 49.4 Å². The maximum absolute atomic E-state index is 14.7. The summed E-state index contributed by atoms with van der Waals surface area (Å²) in [5.74, 6) is -14.4. The molecule has 14 atom stereocenters. The van der Waals surface area contributed by atoms with Crippen LogP contribution in [0.1, 0.15) is 73.1 Å². The second-order valence-electron chi connectivity index (χ2n) is 18.0. The number of carbonyl (C=O) groups is 17. The molecule has 0 fully saturated rings. The summed E-state index contributed by atoms with van der Waals surface area (Å²) >= 11 is 0. The van der Waals surface area contributed by atoms with Crippen LogP contribution in [0.2, 0.25) is 0 Å². The van der Waals surface area contributed by atoms with E-state index in [1.165, 1.54) is 40.7 Å². The van der Waals surface area contributed by atoms with Crippen molar-refractivity contribution in [3.05, 3.63) is 25.3 Å². The smallest absolute Gasteiger partial charge is 0.343 e. The molecule has 0 aromatic heterocycles. The zero-order chi connectivity index (χ0) is 62.8. The minimum atomic E-state index is -2.19. The van der Waals surface area contributed by atoms with Crippen molar-refractivity contribution in [3.63, 3.8) is 0 Å². The number of carbonyl (C=O) groups excluding carboxylic acids is 15. The maximum Gasteiger partial charge on any atom is 0.343 e. The molecule has 0 aliphatic carbocycles. The summed E-state index contributed by atoms with van der Waals surface area (Å²) in [6.45, 7) is 12.5. The van der Waals surface area contributed by atoms with Gasteiger partial charge < -0.3 is 86.3 Å². The average Bonchev–Trinajstić information content (AvgIpc) is 3.46. The number of Topliss-reactive ketones (excluding diaryl/α,β-unsaturated/α-hetero) is 1. The van der Waals surface area contributed by atoms with Crippen LogP contribution < -0.4 is 69.5 Å². The number of aliphatic carboxylic acids is 2. The molecular formula is C48H74N14O20. The van der Waals surface area contributed by atoms with Crippen LogP contribution in [0.3, 0.4) is 0 Å². The number of nitrogens with two attached hydrogens (primary N) is 1. The number of hydrogen-bond acceptors (Lipinski definition) is 25. The quantitative estimate of drug-likeness (QED) is 0.00885. The lowest BCUT2D eigenvalue weighted by Gasteiger charge is -2.36. The second kappa shape index (κ2) is 39.1. The molecule has 0 aliphatic heterocycles. The Hall–Kier alpha value is -8.41. The van der Waals surface area contributed by atoms with Gasteiger partial charge in [-0.1, -0.05) is 12.2 Å². The largest absolute Gasteiger partial charge is 0.481 e. The van der Waals surface area contributed by atoms with Gasteiger partial charge in [-0.3, -0.25) is 79.8 Å². The summed E-state index contributed by atoms with van der Waals surface area (Å²) in [4.78, 5) is 219. The summed E-state index contributed by atoms with van der Waals surface area (Å²) in [7, 11) is 0.925. The monoisotopic (exact) mass is 1170 g/mol. The molecule has 7 amide bonds. The number of ether oxygens (including phenoxy) is 1. The van der Waals surface area contributed by atoms with E-state index in [0.29, 0.717) is 11.2 Å². The second-order valence-corrected chi connectivity index (χ2v) is 18.0. The highest BCUT2D eigenvalue weighted by atomic mass is 16.5. The van der Waals surface area contributed by atoms with E-state index in [1.807, 2.05) is 0 Å². The fourth-order valence-corrected chi connectivity index (χ4v) is 6.62. The molecule has 0 saturated carbocycles. The molecule has 0 aliphatic rings. The van der Waals surface area contributed by atoms with Gasteiger partial charge >= 0.3 is 17.9 Å². The van der Waals surface area contributed by atoms with Crippen molar-refractivity contribution in [1.82, 2.24) is 68.7 Å². The van der Waals surface area contributed by atoms with Gasteiger partial charge in [0.25, 0.3) is 35.4 Å². The Balaban J connectivity index is 7.68. The third kappa shape index (κ3) is 27.2. The van der Waals surface area contributed by atoms with Crippen LogP contribution in [0.4, 0.5) is 0 Å². The number of amides is 7. The van der Waals surface area contributed by atoms with Gasteiger partial charge in [0.2, 0.25) is 5.91 Å². The van der Waals surface area contributed by atoms with Crippen LogP contribution in [0.5, 0.6) is 0 Å². The highest BCUT2D eigenvalue weighted by Crippen LogP contribution is 2.08. The van der Waals surface area contributed by atoms with Crippen molar-refractivity contribution in [2.45, 2.75) is 158 Å². The number of nitrogens with one attached hydrogen (secondary N) is 12. The van der Waals surface area contributed by atoms with Crippen LogP contribution >= 0.6 is 0 Å². The number of aldehydes is 6. The third-order valence-corrected chi connectivity index (χ3v) is 10.9. The highest BCUT2D eigenvalue weighted by Gasteiger charge is 2.41. The van der Waals surface area contributed by atoms with E-state index in [1.54, 1.807) is 0 Å². The van der Waals surface area contributed by atoms with Gasteiger partial charge in [-0.2, -0.15) is 0 Å². The Morgan fingerprint density at radius 2 is 0.902 bits per heavy atom. The number of carboxylic acid groups (broad SMARTS) is 2. The summed E-state index contributed by atoms with van der Waals surface area (Å²) in [6.07, 6.45) is -11.1. The van der Waals surface area contributed by atoms with E-state index in [2.05, 4.69) is 81.7 Å². The van der Waals surface area contributed by atoms with E-state index in [9.17, 15) is 86.6 Å². The van der Waals surface area contributed by atoms with Crippen LogP contribution in [0.25, 0.3) is 0 Å². The molecule has 82 heavy (non-hydrogen) atoms. The minimum absolute atomic E-state index is 0.0643. The molecule has 34 nitrogen and oxygen atoms in total. The maximum atomic E-state index is 14.7. The molecule has 0 rings (SSSR count). The average molecular weight is 1170 g/mol. The lowest BCUT2D eigenvalue weighted by Crippen LogP contribution is -2.70. The Labute approximate surface area is 470 Å². The van der Waals surface area contributed by atoms with Gasteiger partial charge in [0, 0.05) is 25.8 Å². The first kappa shape index (κ1) is 73.6. The minimum Gasteiger partial charge on any atom is -0.481 e. The van der Waals surface area contributed by atoms with E-state index < -0.39 is 183 Å². The third-order valence-electron chi connectivity index (χ3n) is 10.9. The predicted octanol–water partition coefficient (Wildman–Crippen LogP) is -8.17. The molecular weight excluding hydrogens is 1090 g/mol. The molecule has 0 aromatic carbocycles. The van der Waals surface area contributed by atoms with Crippen molar-refractivity contribution >= 4 is 103 Å². The number of allylic oxidation sites excluding steroid dienone is 1. The zero-order valence-electron chi connectivity index (χ0n) is 45.8. The van der Waals surface area contributed by atoms with E-state index >= 15 is 0 Å². The van der Waals surface area contributed by atoms with Crippen molar-refractivity contribution in [1.29, 1.82) is 0 Å². The first-order chi connectivity index (χ1) is 38.6. The SMILES string of the molecule is C=CCCC(=O)N[C@@H](C(=O)N[C@@H](N[C@@H](C)C=O)C(=O)N(CC=C)[C@H](N[C@@H](C)C=O)C(=O)N[C@H](N[C@@H](C)C=O)C(=O)N[C@H](N[C@@H](C)C=O)C(=O)N[C@H](N[C@@H](C=O)CCC(=O)O)C(=O)N[C@H](N[C@@H](C)C=O)C(=O)OC)C(=O)[C@@H](N)CCC(=O)O. The van der Waals surface area contributed by atoms with Crippen LogP contribution in [-0.4, -0.2) is 217 Å². The van der Waals surface area contributed by atoms with Crippen molar-refractivity contribution in [2.24, 2.45) is 5.73 Å². The number of methoxy groups -OCH3 is 1. The summed E-state index contributed by atoms with van der Waals surface area (Å²) < 4.78 is 4.66. The molecule has 16 N–H and O–H groups in total. The van der Waals surface area contributed by atoms with E-state index in [0.717, 1.165) is 13.2 Å². The number of carboxylic acids is 2. The lowest BCUT2D eigenvalue weighted by atomic mass is 10.00. The van der Waals surface area contributed by atoms with Crippen LogP contribution in [0.15, 0.2) is 25.3 Å². The van der Waals surface area contributed by atoms with Crippen LogP contribution in [0, 0.1) is 0 Å². The van der Waals surface area contributed by atoms with E-state index in [-0.39, 0.29) is 44.3 Å². The fraction of sp³-hybridized carbons (Fsp3) is 0.562. The molecule has 34 heteroatoms. The van der Waals surface area contributed by atoms with Crippen molar-refractivity contribution in [3.8, 4) is 0 Å². The molecule has 456 valence electrons. The predicted molar refractivity (Wildman–Crippen MR) is 282 cm³/mol. The molecule has 0 saturated heterocycles. The zero-order valence-corrected chi connectivity index (χ0v) is 45.8. The normalized spacial score (nSPS) is 16.0. The van der Waals surface area contributed by atoms with Crippen LogP contribution in [-0.2, 0) is 86.2 Å². The molecule has 0 unspecified atom stereocenters. The van der Waals surface area contributed by atoms with Gasteiger partial charge in [-0.15, -0.1) is 13.2 Å². The number of rotatable bonds is 45. The summed E-state index contributed by atoms with van der Waals surface area (Å²) in [5.41, 5.74) is 5.93. The van der Waals surface area contributed by atoms with Gasteiger partial charge in [0.1, 0.15) is 37.7 Å². The van der Waals surface area contributed by atoms with Gasteiger partial charge in [0.15, 0.2) is 48.8 Å². The molecule has 0 radical (unpaired) electrons. The molecule has 0 bridgehead atoms. The Kier molecular flexibility index (Phi) is 35.1.